The number of aromatic hydroxyl groups is 1. The maximum atomic E-state index is 12.7. The molecular formula is C63H71N3O. The second-order valence-electron chi connectivity index (χ2n) is 23.4. The van der Waals surface area contributed by atoms with Crippen molar-refractivity contribution < 1.29 is 14.7 Å². The third-order valence-electron chi connectivity index (χ3n) is 13.0. The van der Waals surface area contributed by atoms with E-state index in [4.69, 9.17) is 19.6 Å². The predicted octanol–water partition coefficient (Wildman–Crippen LogP) is 17.3. The van der Waals surface area contributed by atoms with Crippen LogP contribution in [-0.4, -0.2) is 19.6 Å². The molecule has 1 N–H and O–H groups in total. The van der Waals surface area contributed by atoms with E-state index in [1.54, 1.807) is 18.3 Å². The van der Waals surface area contributed by atoms with Crippen LogP contribution in [0.1, 0.15) is 147 Å². The smallest absolute Gasteiger partial charge is 0.149 e. The quantitative estimate of drug-likeness (QED) is 0.181. The van der Waals surface area contributed by atoms with E-state index in [1.165, 1.54) is 11.1 Å². The van der Waals surface area contributed by atoms with Crippen LogP contribution in [0.5, 0.6) is 5.75 Å². The molecule has 0 atom stereocenters. The van der Waals surface area contributed by atoms with E-state index in [9.17, 15) is 5.11 Å². The summed E-state index contributed by atoms with van der Waals surface area (Å²) in [5.41, 5.74) is 12.2. The van der Waals surface area contributed by atoms with Gasteiger partial charge in [-0.15, -0.1) is 0 Å². The van der Waals surface area contributed by atoms with Crippen LogP contribution < -0.4 is 0 Å². The number of aromatic nitrogens is 3. The van der Waals surface area contributed by atoms with Crippen molar-refractivity contribution in [1.29, 1.82) is 0 Å². The zero-order valence-corrected chi connectivity index (χ0v) is 42.2. The number of rotatable bonds is 6. The SMILES string of the molecule is [2H]c1c([2H])c(C([2H])([2H])[2H])c([2H])c([2H])c1-c1ccnc(-c2cc(-c3cccc4c3nc(-c3cc(C(C)(C)C)cc(C(C)(C)C)c3O)n4-c3ccc(C(C)(C)C)cc3-c3ccc(C(C)(C)C)cc3)cc(C(C)(C)C)c2)c1. The maximum Gasteiger partial charge on any atom is 0.149 e. The van der Waals surface area contributed by atoms with E-state index in [2.05, 4.69) is 199 Å². The van der Waals surface area contributed by atoms with Crippen LogP contribution in [0.4, 0.5) is 0 Å². The Hall–Kier alpha value is -6.26. The Morgan fingerprint density at radius 3 is 1.70 bits per heavy atom. The summed E-state index contributed by atoms with van der Waals surface area (Å²) in [4.78, 5) is 10.5. The largest absolute Gasteiger partial charge is 0.507 e. The number of fused-ring (bicyclic) bond motifs is 1. The van der Waals surface area contributed by atoms with Gasteiger partial charge < -0.3 is 5.11 Å². The summed E-state index contributed by atoms with van der Waals surface area (Å²) < 4.78 is 61.1. The van der Waals surface area contributed by atoms with Gasteiger partial charge in [0.15, 0.2) is 0 Å². The Morgan fingerprint density at radius 1 is 0.493 bits per heavy atom. The average Bonchev–Trinajstić information content (AvgIpc) is 3.68. The molecule has 4 nitrogen and oxygen atoms in total. The maximum absolute atomic E-state index is 12.7. The molecule has 6 aromatic carbocycles. The molecule has 0 bridgehead atoms. The van der Waals surface area contributed by atoms with Crippen molar-refractivity contribution in [2.75, 3.05) is 0 Å². The van der Waals surface area contributed by atoms with Gasteiger partial charge in [-0.2, -0.15) is 0 Å². The van der Waals surface area contributed by atoms with E-state index < -0.39 is 42.0 Å². The van der Waals surface area contributed by atoms with Gasteiger partial charge in [0.1, 0.15) is 11.6 Å². The molecule has 0 unspecified atom stereocenters. The lowest BCUT2D eigenvalue weighted by Gasteiger charge is -2.28. The summed E-state index contributed by atoms with van der Waals surface area (Å²) in [5, 5.41) is 12.7. The first-order chi connectivity index (χ1) is 34.1. The van der Waals surface area contributed by atoms with Crippen molar-refractivity contribution in [3.63, 3.8) is 0 Å². The van der Waals surface area contributed by atoms with E-state index in [0.29, 0.717) is 22.6 Å². The van der Waals surface area contributed by atoms with Crippen molar-refractivity contribution >= 4 is 11.0 Å². The standard InChI is InChI=1S/C63H71N3O/c1-39-20-22-40(23-21-39)42-30-31-64-53(35-42)44-32-43(33-47(34-44)61(8,9)10)49-18-17-19-55-56(49)65-58(51-37-48(62(11,12)13)38-52(57(51)67)63(14,15)16)66(55)54-29-28-46(60(5,6)7)36-50(54)41-24-26-45(27-25-41)59(2,3)4/h17-38,67H,1-16H3/i1D3,20D,21D,22D,23D. The van der Waals surface area contributed by atoms with Gasteiger partial charge in [-0.25, -0.2) is 4.98 Å². The van der Waals surface area contributed by atoms with Crippen molar-refractivity contribution in [1.82, 2.24) is 14.5 Å². The predicted molar refractivity (Wildman–Crippen MR) is 286 cm³/mol. The van der Waals surface area contributed by atoms with Crippen LogP contribution in [0.15, 0.2) is 133 Å². The molecule has 0 aliphatic rings. The van der Waals surface area contributed by atoms with Crippen LogP contribution in [0.2, 0.25) is 0 Å². The minimum atomic E-state index is -2.82. The molecule has 0 aliphatic heterocycles. The first kappa shape index (κ1) is 38.8. The Labute approximate surface area is 411 Å². The highest BCUT2D eigenvalue weighted by Gasteiger charge is 2.30. The zero-order valence-electron chi connectivity index (χ0n) is 49.2. The second-order valence-corrected chi connectivity index (χ2v) is 23.4. The number of benzene rings is 6. The molecule has 67 heavy (non-hydrogen) atoms. The molecule has 8 aromatic rings. The molecule has 2 heterocycles. The van der Waals surface area contributed by atoms with Gasteiger partial charge in [0.05, 0.1) is 33.5 Å². The lowest BCUT2D eigenvalue weighted by Crippen LogP contribution is -2.17. The molecule has 4 heteroatoms. The van der Waals surface area contributed by atoms with Crippen LogP contribution in [0, 0.1) is 6.85 Å². The van der Waals surface area contributed by atoms with Crippen LogP contribution in [-0.2, 0) is 27.1 Å². The Balaban J connectivity index is 1.45. The van der Waals surface area contributed by atoms with E-state index in [-0.39, 0.29) is 33.0 Å². The fourth-order valence-corrected chi connectivity index (χ4v) is 8.71. The third-order valence-corrected chi connectivity index (χ3v) is 13.0. The average molecular weight is 893 g/mol. The van der Waals surface area contributed by atoms with E-state index in [1.807, 2.05) is 0 Å². The van der Waals surface area contributed by atoms with E-state index in [0.717, 1.165) is 61.2 Å². The molecule has 0 aliphatic carbocycles. The minimum Gasteiger partial charge on any atom is -0.507 e. The molecule has 0 amide bonds. The number of imidazole rings is 1. The van der Waals surface area contributed by atoms with Crippen molar-refractivity contribution in [2.45, 2.75) is 138 Å². The summed E-state index contributed by atoms with van der Waals surface area (Å²) in [6, 6.07) is 33.7. The number of nitrogens with zero attached hydrogens (tertiary/aromatic N) is 3. The van der Waals surface area contributed by atoms with E-state index >= 15 is 0 Å². The number of hydrogen-bond acceptors (Lipinski definition) is 3. The Kier molecular flexibility index (Phi) is 9.74. The monoisotopic (exact) mass is 893 g/mol. The molecule has 0 radical (unpaired) electrons. The molecule has 0 saturated heterocycles. The fraction of sp³-hybridized carbons (Fsp3) is 0.333. The summed E-state index contributed by atoms with van der Waals surface area (Å²) in [6.45, 7) is 30.0. The highest BCUT2D eigenvalue weighted by molar-refractivity contribution is 5.98. The molecule has 0 spiro atoms. The first-order valence-electron chi connectivity index (χ1n) is 27.0. The first-order valence-corrected chi connectivity index (χ1v) is 23.5. The number of hydrogen-bond donors (Lipinski definition) is 1. The van der Waals surface area contributed by atoms with Crippen molar-refractivity contribution in [2.24, 2.45) is 0 Å². The minimum absolute atomic E-state index is 0.000125. The van der Waals surface area contributed by atoms with Gasteiger partial charge in [0.2, 0.25) is 0 Å². The molecule has 2 aromatic heterocycles. The van der Waals surface area contributed by atoms with Crippen molar-refractivity contribution in [3.05, 3.63) is 167 Å². The number of phenols is 1. The van der Waals surface area contributed by atoms with Gasteiger partial charge in [0.25, 0.3) is 0 Å². The number of pyridine rings is 1. The van der Waals surface area contributed by atoms with Gasteiger partial charge in [-0.3, -0.25) is 9.55 Å². The molecule has 344 valence electrons. The third kappa shape index (κ3) is 9.51. The molecule has 0 saturated carbocycles. The van der Waals surface area contributed by atoms with Gasteiger partial charge in [-0.05, 0) is 127 Å². The normalized spacial score (nSPS) is 14.5. The lowest BCUT2D eigenvalue weighted by molar-refractivity contribution is 0.446. The molecule has 0 fully saturated rings. The highest BCUT2D eigenvalue weighted by atomic mass is 16.3. The summed E-state index contributed by atoms with van der Waals surface area (Å²) in [5.74, 6) is 0.785. The zero-order chi connectivity index (χ0) is 54.6. The summed E-state index contributed by atoms with van der Waals surface area (Å²) in [7, 11) is 0. The summed E-state index contributed by atoms with van der Waals surface area (Å²) >= 11 is 0. The molecule has 8 rings (SSSR count). The Bertz CT molecular complexity index is 3470. The van der Waals surface area contributed by atoms with Gasteiger partial charge in [0, 0.05) is 32.6 Å². The lowest BCUT2D eigenvalue weighted by atomic mass is 9.79. The molecular weight excluding hydrogens is 815 g/mol. The highest BCUT2D eigenvalue weighted by Crippen LogP contribution is 2.46. The number of phenolic OH excluding ortho intramolecular Hbond substituents is 1. The summed E-state index contributed by atoms with van der Waals surface area (Å²) in [6.07, 6.45) is 1.58. The van der Waals surface area contributed by atoms with Gasteiger partial charge in [-0.1, -0.05) is 188 Å². The van der Waals surface area contributed by atoms with Gasteiger partial charge >= 0.3 is 0 Å². The second kappa shape index (κ2) is 16.8. The van der Waals surface area contributed by atoms with Crippen LogP contribution >= 0.6 is 0 Å². The van der Waals surface area contributed by atoms with Crippen LogP contribution in [0.3, 0.4) is 0 Å². The van der Waals surface area contributed by atoms with Crippen LogP contribution in [0.25, 0.3) is 72.7 Å². The fourth-order valence-electron chi connectivity index (χ4n) is 8.71. The Morgan fingerprint density at radius 2 is 1.09 bits per heavy atom. The number of para-hydroxylation sites is 1. The van der Waals surface area contributed by atoms with Crippen molar-refractivity contribution in [3.8, 4) is 67.5 Å². The topological polar surface area (TPSA) is 50.9 Å².